The van der Waals surface area contributed by atoms with Crippen molar-refractivity contribution < 1.29 is 14.6 Å². The van der Waals surface area contributed by atoms with E-state index in [4.69, 9.17) is 9.84 Å². The van der Waals surface area contributed by atoms with Gasteiger partial charge in [-0.25, -0.2) is 0 Å². The molecule has 0 saturated heterocycles. The van der Waals surface area contributed by atoms with Gasteiger partial charge >= 0.3 is 0 Å². The number of benzene rings is 1. The number of hydrogen-bond donors (Lipinski definition) is 1. The van der Waals surface area contributed by atoms with Crippen LogP contribution < -0.4 is 4.74 Å². The van der Waals surface area contributed by atoms with E-state index < -0.39 is 5.60 Å². The molecule has 0 heterocycles. The Hall–Kier alpha value is -1.35. The van der Waals surface area contributed by atoms with Crippen molar-refractivity contribution in [2.45, 2.75) is 39.2 Å². The largest absolute Gasteiger partial charge is 0.480 e. The minimum absolute atomic E-state index is 0.00161. The molecule has 0 fully saturated rings. The molecule has 0 spiro atoms. The van der Waals surface area contributed by atoms with E-state index in [1.165, 1.54) is 6.92 Å². The van der Waals surface area contributed by atoms with Gasteiger partial charge in [-0.2, -0.15) is 0 Å². The number of aliphatic hydroxyl groups is 1. The number of ketones is 1. The van der Waals surface area contributed by atoms with Gasteiger partial charge in [-0.1, -0.05) is 12.1 Å². The van der Waals surface area contributed by atoms with Gasteiger partial charge in [0.15, 0.2) is 11.4 Å². The molecule has 3 heteroatoms. The Morgan fingerprint density at radius 2 is 2.12 bits per heavy atom. The van der Waals surface area contributed by atoms with Gasteiger partial charge in [0.05, 0.1) is 0 Å². The Morgan fingerprint density at radius 1 is 1.41 bits per heavy atom. The summed E-state index contributed by atoms with van der Waals surface area (Å²) in [5.41, 5.74) is 0.311. The van der Waals surface area contributed by atoms with E-state index in [9.17, 15) is 4.79 Å². The zero-order chi connectivity index (χ0) is 12.9. The molecule has 0 aromatic heterocycles. The quantitative estimate of drug-likeness (QED) is 0.824. The second-order valence-corrected chi connectivity index (χ2v) is 4.64. The third kappa shape index (κ3) is 4.19. The first-order chi connectivity index (χ1) is 7.95. The molecule has 0 aliphatic carbocycles. The van der Waals surface area contributed by atoms with Crippen LogP contribution in [0, 0.1) is 0 Å². The summed E-state index contributed by atoms with van der Waals surface area (Å²) in [7, 11) is 0. The number of Topliss-reactive ketones (excluding diaryl/α,β-unsaturated/α-hetero) is 1. The maximum absolute atomic E-state index is 11.4. The molecule has 1 aromatic carbocycles. The number of carbonyl (C=O) groups excluding carboxylic acids is 1. The fraction of sp³-hybridized carbons (Fsp3) is 0.500. The number of hydrogen-bond acceptors (Lipinski definition) is 3. The number of aliphatic hydroxyl groups excluding tert-OH is 1. The number of rotatable bonds is 6. The van der Waals surface area contributed by atoms with E-state index in [-0.39, 0.29) is 12.4 Å². The number of carbonyl (C=O) groups is 1. The van der Waals surface area contributed by atoms with Gasteiger partial charge in [0.2, 0.25) is 0 Å². The molecule has 0 radical (unpaired) electrons. The lowest BCUT2D eigenvalue weighted by atomic mass is 10.0. The summed E-state index contributed by atoms with van der Waals surface area (Å²) in [5, 5.41) is 8.78. The maximum Gasteiger partial charge on any atom is 0.172 e. The molecule has 0 unspecified atom stereocenters. The molecule has 1 N–H and O–H groups in total. The highest BCUT2D eigenvalue weighted by Crippen LogP contribution is 2.21. The molecule has 17 heavy (non-hydrogen) atoms. The van der Waals surface area contributed by atoms with Crippen molar-refractivity contribution in [1.82, 2.24) is 0 Å². The fourth-order valence-electron chi connectivity index (χ4n) is 1.41. The Morgan fingerprint density at radius 3 is 2.71 bits per heavy atom. The van der Waals surface area contributed by atoms with Crippen molar-refractivity contribution in [1.29, 1.82) is 0 Å². The second-order valence-electron chi connectivity index (χ2n) is 4.64. The average molecular weight is 236 g/mol. The van der Waals surface area contributed by atoms with Crippen LogP contribution in [-0.2, 0) is 11.2 Å². The maximum atomic E-state index is 11.4. The van der Waals surface area contributed by atoms with Gasteiger partial charge in [0, 0.05) is 6.61 Å². The Kier molecular flexibility index (Phi) is 4.70. The summed E-state index contributed by atoms with van der Waals surface area (Å²) in [5.74, 6) is 0.693. The molecule has 0 aliphatic heterocycles. The van der Waals surface area contributed by atoms with E-state index >= 15 is 0 Å². The minimum Gasteiger partial charge on any atom is -0.480 e. The van der Waals surface area contributed by atoms with Crippen LogP contribution in [0.5, 0.6) is 5.75 Å². The Labute approximate surface area is 102 Å². The highest BCUT2D eigenvalue weighted by atomic mass is 16.5. The van der Waals surface area contributed by atoms with Crippen LogP contribution in [0.1, 0.15) is 32.8 Å². The van der Waals surface area contributed by atoms with Crippen molar-refractivity contribution in [3.05, 3.63) is 29.8 Å². The van der Waals surface area contributed by atoms with Crippen LogP contribution in [0.2, 0.25) is 0 Å². The zero-order valence-corrected chi connectivity index (χ0v) is 10.7. The summed E-state index contributed by atoms with van der Waals surface area (Å²) in [6, 6.07) is 7.65. The molecular formula is C14H20O3. The predicted molar refractivity (Wildman–Crippen MR) is 67.2 cm³/mol. The molecular weight excluding hydrogens is 216 g/mol. The Balaban J connectivity index is 2.75. The van der Waals surface area contributed by atoms with Crippen LogP contribution in [0.3, 0.4) is 0 Å². The molecule has 1 aromatic rings. The van der Waals surface area contributed by atoms with E-state index in [2.05, 4.69) is 0 Å². The molecule has 0 atom stereocenters. The van der Waals surface area contributed by atoms with Gasteiger partial charge in [0.1, 0.15) is 5.75 Å². The summed E-state index contributed by atoms with van der Waals surface area (Å²) in [6.45, 7) is 5.23. The SMILES string of the molecule is CC(=O)C(C)(C)Oc1cccc(CCCO)c1. The van der Waals surface area contributed by atoms with Crippen molar-refractivity contribution in [2.24, 2.45) is 0 Å². The molecule has 94 valence electrons. The highest BCUT2D eigenvalue weighted by Gasteiger charge is 2.25. The van der Waals surface area contributed by atoms with Crippen LogP contribution in [0.25, 0.3) is 0 Å². The van der Waals surface area contributed by atoms with Crippen molar-refractivity contribution >= 4 is 5.78 Å². The van der Waals surface area contributed by atoms with E-state index in [0.717, 1.165) is 18.4 Å². The van der Waals surface area contributed by atoms with Crippen LogP contribution in [0.4, 0.5) is 0 Å². The number of aryl methyl sites for hydroxylation is 1. The lowest BCUT2D eigenvalue weighted by molar-refractivity contribution is -0.129. The van der Waals surface area contributed by atoms with Crippen LogP contribution in [-0.4, -0.2) is 23.1 Å². The summed E-state index contributed by atoms with van der Waals surface area (Å²) in [4.78, 5) is 11.4. The molecule has 0 amide bonds. The summed E-state index contributed by atoms with van der Waals surface area (Å²) < 4.78 is 5.67. The first-order valence-electron chi connectivity index (χ1n) is 5.85. The lowest BCUT2D eigenvalue weighted by Gasteiger charge is -2.23. The molecule has 0 aliphatic rings. The van der Waals surface area contributed by atoms with Gasteiger partial charge in [-0.15, -0.1) is 0 Å². The molecule has 0 bridgehead atoms. The van der Waals surface area contributed by atoms with Crippen LogP contribution in [0.15, 0.2) is 24.3 Å². The third-order valence-corrected chi connectivity index (χ3v) is 2.74. The smallest absolute Gasteiger partial charge is 0.172 e. The fourth-order valence-corrected chi connectivity index (χ4v) is 1.41. The first-order valence-corrected chi connectivity index (χ1v) is 5.85. The number of ether oxygens (including phenoxy) is 1. The first kappa shape index (κ1) is 13.7. The molecule has 1 rings (SSSR count). The molecule has 3 nitrogen and oxygen atoms in total. The predicted octanol–water partition coefficient (Wildman–Crippen LogP) is 2.36. The van der Waals surface area contributed by atoms with E-state index in [1.54, 1.807) is 13.8 Å². The molecule has 0 saturated carbocycles. The van der Waals surface area contributed by atoms with Crippen molar-refractivity contribution in [3.8, 4) is 5.75 Å². The van der Waals surface area contributed by atoms with Gasteiger partial charge in [-0.05, 0) is 51.3 Å². The second kappa shape index (κ2) is 5.82. The van der Waals surface area contributed by atoms with Crippen molar-refractivity contribution in [3.63, 3.8) is 0 Å². The normalized spacial score (nSPS) is 11.3. The highest BCUT2D eigenvalue weighted by molar-refractivity contribution is 5.84. The van der Waals surface area contributed by atoms with Gasteiger partial charge in [-0.3, -0.25) is 4.79 Å². The third-order valence-electron chi connectivity index (χ3n) is 2.74. The topological polar surface area (TPSA) is 46.5 Å². The standard InChI is InChI=1S/C14H20O3/c1-11(16)14(2,3)17-13-8-4-6-12(10-13)7-5-9-15/h4,6,8,10,15H,5,7,9H2,1-3H3. The van der Waals surface area contributed by atoms with Crippen LogP contribution >= 0.6 is 0 Å². The van der Waals surface area contributed by atoms with Crippen molar-refractivity contribution in [2.75, 3.05) is 6.61 Å². The average Bonchev–Trinajstić information content (AvgIpc) is 2.26. The summed E-state index contributed by atoms with van der Waals surface area (Å²) >= 11 is 0. The zero-order valence-electron chi connectivity index (χ0n) is 10.7. The van der Waals surface area contributed by atoms with E-state index in [1.807, 2.05) is 24.3 Å². The van der Waals surface area contributed by atoms with Gasteiger partial charge in [0.25, 0.3) is 0 Å². The minimum atomic E-state index is -0.796. The van der Waals surface area contributed by atoms with Gasteiger partial charge < -0.3 is 9.84 Å². The summed E-state index contributed by atoms with van der Waals surface area (Å²) in [6.07, 6.45) is 1.55. The Bertz CT molecular complexity index is 383. The van der Waals surface area contributed by atoms with E-state index in [0.29, 0.717) is 5.75 Å². The monoisotopic (exact) mass is 236 g/mol. The lowest BCUT2D eigenvalue weighted by Crippen LogP contribution is -2.36.